The van der Waals surface area contributed by atoms with E-state index in [2.05, 4.69) is 35.4 Å². The topological polar surface area (TPSA) is 57.8 Å². The first kappa shape index (κ1) is 13.6. The van der Waals surface area contributed by atoms with Crippen molar-refractivity contribution in [2.24, 2.45) is 5.41 Å². The van der Waals surface area contributed by atoms with Gasteiger partial charge in [-0.3, -0.25) is 9.89 Å². The SMILES string of the molecule is CCCC1(C)Cc2[nH]nc(-c3ccc4c(c3)CNC4=O)c2C1. The minimum atomic E-state index is 0.0318. The molecule has 1 aromatic carbocycles. The van der Waals surface area contributed by atoms with E-state index in [0.29, 0.717) is 12.0 Å². The van der Waals surface area contributed by atoms with Crippen LogP contribution in [0.3, 0.4) is 0 Å². The Morgan fingerprint density at radius 3 is 3.00 bits per heavy atom. The van der Waals surface area contributed by atoms with Crippen LogP contribution in [0.15, 0.2) is 18.2 Å². The van der Waals surface area contributed by atoms with E-state index in [1.165, 1.54) is 24.1 Å². The summed E-state index contributed by atoms with van der Waals surface area (Å²) in [4.78, 5) is 11.7. The van der Waals surface area contributed by atoms with Gasteiger partial charge in [0, 0.05) is 28.9 Å². The maximum atomic E-state index is 11.7. The molecule has 0 fully saturated rings. The number of aromatic amines is 1. The Morgan fingerprint density at radius 1 is 1.32 bits per heavy atom. The first-order valence-electron chi connectivity index (χ1n) is 8.07. The second kappa shape index (κ2) is 4.70. The minimum Gasteiger partial charge on any atom is -0.348 e. The lowest BCUT2D eigenvalue weighted by Gasteiger charge is -2.22. The lowest BCUT2D eigenvalue weighted by Crippen LogP contribution is -2.16. The maximum Gasteiger partial charge on any atom is 0.251 e. The molecule has 2 aliphatic rings. The van der Waals surface area contributed by atoms with Gasteiger partial charge < -0.3 is 5.32 Å². The van der Waals surface area contributed by atoms with Gasteiger partial charge in [0.15, 0.2) is 0 Å². The van der Waals surface area contributed by atoms with Crippen molar-refractivity contribution in [1.82, 2.24) is 15.5 Å². The molecule has 0 saturated carbocycles. The minimum absolute atomic E-state index is 0.0318. The molecule has 0 radical (unpaired) electrons. The first-order valence-corrected chi connectivity index (χ1v) is 8.07. The molecule has 114 valence electrons. The van der Waals surface area contributed by atoms with Gasteiger partial charge >= 0.3 is 0 Å². The smallest absolute Gasteiger partial charge is 0.251 e. The Bertz CT molecular complexity index is 762. The number of carbonyl (C=O) groups excluding carboxylic acids is 1. The molecule has 1 aromatic heterocycles. The quantitative estimate of drug-likeness (QED) is 0.913. The number of rotatable bonds is 3. The van der Waals surface area contributed by atoms with Crippen molar-refractivity contribution >= 4 is 5.91 Å². The van der Waals surface area contributed by atoms with Crippen LogP contribution in [0.25, 0.3) is 11.3 Å². The van der Waals surface area contributed by atoms with E-state index >= 15 is 0 Å². The molecule has 4 rings (SSSR count). The van der Waals surface area contributed by atoms with Gasteiger partial charge in [-0.05, 0) is 42.4 Å². The fraction of sp³-hybridized carbons (Fsp3) is 0.444. The van der Waals surface area contributed by atoms with Gasteiger partial charge in [0.25, 0.3) is 5.91 Å². The van der Waals surface area contributed by atoms with Crippen LogP contribution in [0, 0.1) is 5.41 Å². The molecule has 0 spiro atoms. The second-order valence-corrected chi connectivity index (χ2v) is 7.00. The lowest BCUT2D eigenvalue weighted by molar-refractivity contribution is 0.0966. The summed E-state index contributed by atoms with van der Waals surface area (Å²) >= 11 is 0. The van der Waals surface area contributed by atoms with Gasteiger partial charge in [0.1, 0.15) is 0 Å². The van der Waals surface area contributed by atoms with Crippen LogP contribution in [0.5, 0.6) is 0 Å². The molecule has 22 heavy (non-hydrogen) atoms. The number of aromatic nitrogens is 2. The highest BCUT2D eigenvalue weighted by atomic mass is 16.1. The summed E-state index contributed by atoms with van der Waals surface area (Å²) in [5.74, 6) is 0.0318. The zero-order valence-electron chi connectivity index (χ0n) is 13.1. The summed E-state index contributed by atoms with van der Waals surface area (Å²) in [5, 5.41) is 10.7. The average molecular weight is 295 g/mol. The van der Waals surface area contributed by atoms with Gasteiger partial charge in [0.2, 0.25) is 0 Å². The molecule has 1 aliphatic carbocycles. The summed E-state index contributed by atoms with van der Waals surface area (Å²) in [6.07, 6.45) is 4.65. The summed E-state index contributed by atoms with van der Waals surface area (Å²) in [6.45, 7) is 5.25. The van der Waals surface area contributed by atoms with E-state index in [0.717, 1.165) is 35.2 Å². The molecular formula is C18H21N3O. The highest BCUT2D eigenvalue weighted by molar-refractivity contribution is 5.98. The van der Waals surface area contributed by atoms with E-state index in [1.807, 2.05) is 12.1 Å². The fourth-order valence-electron chi connectivity index (χ4n) is 4.05. The predicted molar refractivity (Wildman–Crippen MR) is 85.6 cm³/mol. The monoisotopic (exact) mass is 295 g/mol. The van der Waals surface area contributed by atoms with Gasteiger partial charge in [0.05, 0.1) is 5.69 Å². The Labute approximate surface area is 130 Å². The fourth-order valence-corrected chi connectivity index (χ4v) is 4.05. The van der Waals surface area contributed by atoms with Gasteiger partial charge in [-0.2, -0.15) is 5.10 Å². The molecule has 2 heterocycles. The van der Waals surface area contributed by atoms with Crippen LogP contribution in [-0.2, 0) is 19.4 Å². The van der Waals surface area contributed by atoms with Crippen molar-refractivity contribution < 1.29 is 4.79 Å². The number of H-pyrrole nitrogens is 1. The molecule has 1 unspecified atom stereocenters. The average Bonchev–Trinajstić information content (AvgIpc) is 3.12. The first-order chi connectivity index (χ1) is 10.6. The van der Waals surface area contributed by atoms with E-state index in [4.69, 9.17) is 0 Å². The van der Waals surface area contributed by atoms with Gasteiger partial charge in [-0.1, -0.05) is 26.3 Å². The molecule has 1 atom stereocenters. The number of carbonyl (C=O) groups is 1. The van der Waals surface area contributed by atoms with Crippen molar-refractivity contribution in [2.75, 3.05) is 0 Å². The van der Waals surface area contributed by atoms with Crippen LogP contribution < -0.4 is 5.32 Å². The number of hydrogen-bond acceptors (Lipinski definition) is 2. The number of fused-ring (bicyclic) bond motifs is 2. The van der Waals surface area contributed by atoms with Crippen molar-refractivity contribution in [3.8, 4) is 11.3 Å². The summed E-state index contributed by atoms with van der Waals surface area (Å²) in [5.41, 5.74) is 7.08. The van der Waals surface area contributed by atoms with Crippen LogP contribution in [0.1, 0.15) is 53.9 Å². The predicted octanol–water partition coefficient (Wildman–Crippen LogP) is 3.23. The Balaban J connectivity index is 1.71. The van der Waals surface area contributed by atoms with Crippen molar-refractivity contribution in [1.29, 1.82) is 0 Å². The number of benzene rings is 1. The molecule has 0 saturated heterocycles. The zero-order chi connectivity index (χ0) is 15.3. The van der Waals surface area contributed by atoms with Crippen LogP contribution in [0.4, 0.5) is 0 Å². The number of hydrogen-bond donors (Lipinski definition) is 2. The zero-order valence-corrected chi connectivity index (χ0v) is 13.1. The second-order valence-electron chi connectivity index (χ2n) is 7.00. The number of amides is 1. The Morgan fingerprint density at radius 2 is 2.18 bits per heavy atom. The van der Waals surface area contributed by atoms with Crippen molar-refractivity contribution in [2.45, 2.75) is 46.1 Å². The van der Waals surface area contributed by atoms with E-state index < -0.39 is 0 Å². The molecule has 0 bridgehead atoms. The molecule has 4 nitrogen and oxygen atoms in total. The van der Waals surface area contributed by atoms with Crippen molar-refractivity contribution in [3.05, 3.63) is 40.6 Å². The van der Waals surface area contributed by atoms with E-state index in [1.54, 1.807) is 0 Å². The molecule has 4 heteroatoms. The van der Waals surface area contributed by atoms with Crippen LogP contribution in [0.2, 0.25) is 0 Å². The standard InChI is InChI=1S/C18H21N3O/c1-3-6-18(2)8-14-15(9-18)20-21-16(14)11-4-5-13-12(7-11)10-19-17(13)22/h4-5,7H,3,6,8-10H2,1-2H3,(H,19,22)(H,20,21). The Kier molecular flexibility index (Phi) is 2.90. The maximum absolute atomic E-state index is 11.7. The number of nitrogens with one attached hydrogen (secondary N) is 2. The summed E-state index contributed by atoms with van der Waals surface area (Å²) < 4.78 is 0. The highest BCUT2D eigenvalue weighted by Crippen LogP contribution is 2.43. The largest absolute Gasteiger partial charge is 0.348 e. The van der Waals surface area contributed by atoms with Gasteiger partial charge in [-0.15, -0.1) is 0 Å². The molecule has 1 amide bonds. The van der Waals surface area contributed by atoms with E-state index in [9.17, 15) is 4.79 Å². The number of nitrogens with zero attached hydrogens (tertiary/aromatic N) is 1. The van der Waals surface area contributed by atoms with Crippen LogP contribution >= 0.6 is 0 Å². The third-order valence-corrected chi connectivity index (χ3v) is 5.08. The van der Waals surface area contributed by atoms with E-state index in [-0.39, 0.29) is 5.91 Å². The Hall–Kier alpha value is -2.10. The summed E-state index contributed by atoms with van der Waals surface area (Å²) in [6, 6.07) is 6.06. The summed E-state index contributed by atoms with van der Waals surface area (Å²) in [7, 11) is 0. The lowest BCUT2D eigenvalue weighted by atomic mass is 9.82. The third kappa shape index (κ3) is 1.97. The van der Waals surface area contributed by atoms with Crippen LogP contribution in [-0.4, -0.2) is 16.1 Å². The normalized spacial score (nSPS) is 22.5. The third-order valence-electron chi connectivity index (χ3n) is 5.08. The van der Waals surface area contributed by atoms with Gasteiger partial charge in [-0.25, -0.2) is 0 Å². The molecule has 1 aliphatic heterocycles. The molecule has 2 aromatic rings. The van der Waals surface area contributed by atoms with Crippen molar-refractivity contribution in [3.63, 3.8) is 0 Å². The molecular weight excluding hydrogens is 274 g/mol. The molecule has 2 N–H and O–H groups in total. The highest BCUT2D eigenvalue weighted by Gasteiger charge is 2.35.